The monoisotopic (exact) mass is 163 g/mol. The molecule has 1 heterocycles. The summed E-state index contributed by atoms with van der Waals surface area (Å²) in [6, 6.07) is 8.38. The van der Waals surface area contributed by atoms with E-state index in [9.17, 15) is 0 Å². The van der Waals surface area contributed by atoms with Crippen LogP contribution in [0.3, 0.4) is 0 Å². The van der Waals surface area contributed by atoms with Crippen molar-refractivity contribution in [3.8, 4) is 0 Å². The molecule has 1 atom stereocenters. The van der Waals surface area contributed by atoms with Gasteiger partial charge in [0.05, 0.1) is 12.7 Å². The predicted octanol–water partition coefficient (Wildman–Crippen LogP) is 1.09. The van der Waals surface area contributed by atoms with E-state index < -0.39 is 0 Å². The van der Waals surface area contributed by atoms with Crippen molar-refractivity contribution in [3.05, 3.63) is 35.4 Å². The Bertz CT molecular complexity index is 272. The quantitative estimate of drug-likeness (QED) is 0.672. The van der Waals surface area contributed by atoms with Crippen molar-refractivity contribution in [1.82, 2.24) is 0 Å². The molecule has 0 amide bonds. The molecule has 0 saturated carbocycles. The SMILES string of the molecule is NC[C@@H]1Cc2ccccc2CO1. The van der Waals surface area contributed by atoms with E-state index in [2.05, 4.69) is 18.2 Å². The van der Waals surface area contributed by atoms with E-state index in [4.69, 9.17) is 10.5 Å². The lowest BCUT2D eigenvalue weighted by Gasteiger charge is -2.23. The van der Waals surface area contributed by atoms with Gasteiger partial charge >= 0.3 is 0 Å². The molecular weight excluding hydrogens is 150 g/mol. The normalized spacial score (nSPS) is 21.9. The number of rotatable bonds is 1. The third-order valence-electron chi connectivity index (χ3n) is 2.30. The van der Waals surface area contributed by atoms with E-state index >= 15 is 0 Å². The molecule has 64 valence electrons. The Morgan fingerprint density at radius 3 is 2.83 bits per heavy atom. The van der Waals surface area contributed by atoms with E-state index in [0.717, 1.165) is 13.0 Å². The minimum atomic E-state index is 0.222. The zero-order valence-electron chi connectivity index (χ0n) is 6.99. The van der Waals surface area contributed by atoms with Crippen LogP contribution in [0.2, 0.25) is 0 Å². The van der Waals surface area contributed by atoms with Gasteiger partial charge in [0.2, 0.25) is 0 Å². The lowest BCUT2D eigenvalue weighted by atomic mass is 9.99. The second kappa shape index (κ2) is 3.25. The standard InChI is InChI=1S/C10H13NO/c11-6-10-5-8-3-1-2-4-9(8)7-12-10/h1-4,10H,5-7,11H2/t10-/m0/s1. The first-order valence-corrected chi connectivity index (χ1v) is 4.28. The molecule has 2 N–H and O–H groups in total. The fraction of sp³-hybridized carbons (Fsp3) is 0.400. The van der Waals surface area contributed by atoms with E-state index in [-0.39, 0.29) is 6.10 Å². The van der Waals surface area contributed by atoms with Crippen LogP contribution in [0.5, 0.6) is 0 Å². The molecule has 2 heteroatoms. The van der Waals surface area contributed by atoms with Gasteiger partial charge in [-0.1, -0.05) is 24.3 Å². The summed E-state index contributed by atoms with van der Waals surface area (Å²) in [7, 11) is 0. The van der Waals surface area contributed by atoms with Gasteiger partial charge in [-0.05, 0) is 11.1 Å². The van der Waals surface area contributed by atoms with Crippen LogP contribution < -0.4 is 5.73 Å². The lowest BCUT2D eigenvalue weighted by molar-refractivity contribution is 0.0345. The number of benzene rings is 1. The Hall–Kier alpha value is -0.860. The summed E-state index contributed by atoms with van der Waals surface area (Å²) in [6.07, 6.45) is 1.19. The van der Waals surface area contributed by atoms with Gasteiger partial charge in [-0.25, -0.2) is 0 Å². The van der Waals surface area contributed by atoms with Crippen LogP contribution in [-0.2, 0) is 17.8 Å². The first-order valence-electron chi connectivity index (χ1n) is 4.28. The van der Waals surface area contributed by atoms with Crippen LogP contribution in [0.1, 0.15) is 11.1 Å². The van der Waals surface area contributed by atoms with Crippen LogP contribution in [0.4, 0.5) is 0 Å². The van der Waals surface area contributed by atoms with Crippen LogP contribution >= 0.6 is 0 Å². The highest BCUT2D eigenvalue weighted by atomic mass is 16.5. The van der Waals surface area contributed by atoms with Gasteiger partial charge in [0.15, 0.2) is 0 Å². The fourth-order valence-electron chi connectivity index (χ4n) is 1.56. The van der Waals surface area contributed by atoms with Crippen LogP contribution in [-0.4, -0.2) is 12.6 Å². The Labute approximate surface area is 72.3 Å². The highest BCUT2D eigenvalue weighted by molar-refractivity contribution is 5.28. The first kappa shape index (κ1) is 7.77. The summed E-state index contributed by atoms with van der Waals surface area (Å²) in [4.78, 5) is 0. The Balaban J connectivity index is 2.23. The third-order valence-corrected chi connectivity index (χ3v) is 2.30. The maximum Gasteiger partial charge on any atom is 0.0742 e. The average molecular weight is 163 g/mol. The molecule has 1 aromatic carbocycles. The zero-order chi connectivity index (χ0) is 8.39. The van der Waals surface area contributed by atoms with Crippen molar-refractivity contribution in [3.63, 3.8) is 0 Å². The van der Waals surface area contributed by atoms with E-state index in [1.807, 2.05) is 6.07 Å². The van der Waals surface area contributed by atoms with Gasteiger partial charge in [-0.2, -0.15) is 0 Å². The summed E-state index contributed by atoms with van der Waals surface area (Å²) in [5, 5.41) is 0. The van der Waals surface area contributed by atoms with Crippen LogP contribution in [0, 0.1) is 0 Å². The second-order valence-electron chi connectivity index (χ2n) is 3.14. The van der Waals surface area contributed by atoms with Gasteiger partial charge in [0, 0.05) is 13.0 Å². The Morgan fingerprint density at radius 1 is 1.33 bits per heavy atom. The van der Waals surface area contributed by atoms with E-state index in [0.29, 0.717) is 6.54 Å². The van der Waals surface area contributed by atoms with Crippen molar-refractivity contribution in [2.45, 2.75) is 19.1 Å². The maximum absolute atomic E-state index is 5.54. The summed E-state index contributed by atoms with van der Waals surface area (Å²) in [5.74, 6) is 0. The summed E-state index contributed by atoms with van der Waals surface area (Å²) in [5.41, 5.74) is 8.23. The van der Waals surface area contributed by atoms with Gasteiger partial charge in [0.25, 0.3) is 0 Å². The van der Waals surface area contributed by atoms with Gasteiger partial charge in [0.1, 0.15) is 0 Å². The van der Waals surface area contributed by atoms with Gasteiger partial charge < -0.3 is 10.5 Å². The van der Waals surface area contributed by atoms with Crippen molar-refractivity contribution >= 4 is 0 Å². The highest BCUT2D eigenvalue weighted by Crippen LogP contribution is 2.19. The second-order valence-corrected chi connectivity index (χ2v) is 3.14. The van der Waals surface area contributed by atoms with Crippen LogP contribution in [0.25, 0.3) is 0 Å². The number of ether oxygens (including phenoxy) is 1. The molecule has 0 unspecified atom stereocenters. The molecule has 0 aliphatic carbocycles. The Kier molecular flexibility index (Phi) is 2.11. The predicted molar refractivity (Wildman–Crippen MR) is 47.8 cm³/mol. The summed E-state index contributed by atoms with van der Waals surface area (Å²) < 4.78 is 5.53. The molecule has 0 spiro atoms. The minimum Gasteiger partial charge on any atom is -0.372 e. The topological polar surface area (TPSA) is 35.2 Å². The van der Waals surface area contributed by atoms with Crippen molar-refractivity contribution < 1.29 is 4.74 Å². The van der Waals surface area contributed by atoms with Crippen LogP contribution in [0.15, 0.2) is 24.3 Å². The number of hydrogen-bond acceptors (Lipinski definition) is 2. The first-order chi connectivity index (χ1) is 5.90. The molecule has 0 radical (unpaired) electrons. The molecule has 1 aromatic rings. The lowest BCUT2D eigenvalue weighted by Crippen LogP contribution is -2.29. The fourth-order valence-corrected chi connectivity index (χ4v) is 1.56. The van der Waals surface area contributed by atoms with E-state index in [1.54, 1.807) is 0 Å². The molecule has 12 heavy (non-hydrogen) atoms. The molecule has 1 aliphatic heterocycles. The molecule has 0 aromatic heterocycles. The maximum atomic E-state index is 5.54. The molecule has 0 saturated heterocycles. The molecule has 0 bridgehead atoms. The molecular formula is C10H13NO. The number of fused-ring (bicyclic) bond motifs is 1. The molecule has 2 nitrogen and oxygen atoms in total. The smallest absolute Gasteiger partial charge is 0.0742 e. The third kappa shape index (κ3) is 1.36. The molecule has 1 aliphatic rings. The van der Waals surface area contributed by atoms with Crippen molar-refractivity contribution in [1.29, 1.82) is 0 Å². The molecule has 0 fully saturated rings. The number of nitrogens with two attached hydrogens (primary N) is 1. The highest BCUT2D eigenvalue weighted by Gasteiger charge is 2.16. The number of hydrogen-bond donors (Lipinski definition) is 1. The average Bonchev–Trinajstić information content (AvgIpc) is 2.17. The van der Waals surface area contributed by atoms with Crippen molar-refractivity contribution in [2.24, 2.45) is 5.73 Å². The Morgan fingerprint density at radius 2 is 2.08 bits per heavy atom. The summed E-state index contributed by atoms with van der Waals surface area (Å²) in [6.45, 7) is 1.34. The van der Waals surface area contributed by atoms with E-state index in [1.165, 1.54) is 11.1 Å². The van der Waals surface area contributed by atoms with Gasteiger partial charge in [-0.15, -0.1) is 0 Å². The zero-order valence-corrected chi connectivity index (χ0v) is 6.99. The van der Waals surface area contributed by atoms with Gasteiger partial charge in [-0.3, -0.25) is 0 Å². The van der Waals surface area contributed by atoms with Crippen molar-refractivity contribution in [2.75, 3.05) is 6.54 Å². The molecule has 2 rings (SSSR count). The largest absolute Gasteiger partial charge is 0.372 e. The summed E-state index contributed by atoms with van der Waals surface area (Å²) >= 11 is 0. The minimum absolute atomic E-state index is 0.222.